The van der Waals surface area contributed by atoms with Crippen molar-refractivity contribution in [3.8, 4) is 0 Å². The first kappa shape index (κ1) is 11.2. The molecule has 0 bridgehead atoms. The van der Waals surface area contributed by atoms with Crippen LogP contribution in [0.5, 0.6) is 0 Å². The van der Waals surface area contributed by atoms with Gasteiger partial charge in [0.1, 0.15) is 0 Å². The summed E-state index contributed by atoms with van der Waals surface area (Å²) in [5, 5.41) is 0.921. The molecule has 0 saturated heterocycles. The summed E-state index contributed by atoms with van der Waals surface area (Å²) in [6, 6.07) is 5.83. The van der Waals surface area contributed by atoms with Crippen LogP contribution in [0.2, 0.25) is 0 Å². The number of halogens is 1. The van der Waals surface area contributed by atoms with E-state index in [1.165, 1.54) is 0 Å². The van der Waals surface area contributed by atoms with Crippen LogP contribution in [-0.2, 0) is 11.8 Å². The number of hydrogen-bond donors (Lipinski definition) is 0. The number of aromatic nitrogens is 1. The Kier molecular flexibility index (Phi) is 3.01. The van der Waals surface area contributed by atoms with Crippen LogP contribution in [0.15, 0.2) is 28.9 Å². The second kappa shape index (κ2) is 4.29. The van der Waals surface area contributed by atoms with Crippen molar-refractivity contribution in [2.45, 2.75) is 6.92 Å². The third-order valence-corrected chi connectivity index (χ3v) is 2.94. The lowest BCUT2D eigenvalue weighted by Gasteiger charge is -1.99. The third kappa shape index (κ3) is 1.85. The highest BCUT2D eigenvalue weighted by molar-refractivity contribution is 9.10. The minimum Gasteiger partial charge on any atom is -0.462 e. The average Bonchev–Trinajstić information content (AvgIpc) is 2.56. The molecule has 0 radical (unpaired) electrons. The van der Waals surface area contributed by atoms with E-state index in [2.05, 4.69) is 15.9 Å². The molecule has 2 aromatic rings. The molecule has 16 heavy (non-hydrogen) atoms. The summed E-state index contributed by atoms with van der Waals surface area (Å²) in [6.07, 6.45) is 1.80. The SMILES string of the molecule is CCOC(=O)c1cn(C)c2cc(Br)ccc12. The summed E-state index contributed by atoms with van der Waals surface area (Å²) in [7, 11) is 1.91. The molecular weight excluding hydrogens is 270 g/mol. The highest BCUT2D eigenvalue weighted by atomic mass is 79.9. The zero-order valence-electron chi connectivity index (χ0n) is 9.16. The Morgan fingerprint density at radius 1 is 1.50 bits per heavy atom. The van der Waals surface area contributed by atoms with Gasteiger partial charge in [-0.2, -0.15) is 0 Å². The topological polar surface area (TPSA) is 31.2 Å². The van der Waals surface area contributed by atoms with E-state index in [9.17, 15) is 4.79 Å². The molecule has 0 N–H and O–H groups in total. The Hall–Kier alpha value is -1.29. The van der Waals surface area contributed by atoms with Crippen molar-refractivity contribution in [1.82, 2.24) is 4.57 Å². The molecule has 84 valence electrons. The number of esters is 1. The van der Waals surface area contributed by atoms with E-state index in [4.69, 9.17) is 4.74 Å². The van der Waals surface area contributed by atoms with Crippen LogP contribution in [0.3, 0.4) is 0 Å². The van der Waals surface area contributed by atoms with Crippen molar-refractivity contribution in [2.24, 2.45) is 7.05 Å². The largest absolute Gasteiger partial charge is 0.462 e. The summed E-state index contributed by atoms with van der Waals surface area (Å²) in [5.74, 6) is -0.268. The highest BCUT2D eigenvalue weighted by Gasteiger charge is 2.14. The second-order valence-electron chi connectivity index (χ2n) is 3.54. The fraction of sp³-hybridized carbons (Fsp3) is 0.250. The molecule has 1 aromatic heterocycles. The lowest BCUT2D eigenvalue weighted by atomic mass is 10.2. The number of ether oxygens (including phenoxy) is 1. The van der Waals surface area contributed by atoms with Gasteiger partial charge in [-0.05, 0) is 19.1 Å². The van der Waals surface area contributed by atoms with Crippen LogP contribution in [0.4, 0.5) is 0 Å². The lowest BCUT2D eigenvalue weighted by Crippen LogP contribution is -2.03. The molecule has 2 rings (SSSR count). The van der Waals surface area contributed by atoms with Crippen LogP contribution < -0.4 is 0 Å². The summed E-state index contributed by atoms with van der Waals surface area (Å²) in [5.41, 5.74) is 1.63. The predicted molar refractivity (Wildman–Crippen MR) is 66.6 cm³/mol. The average molecular weight is 282 g/mol. The van der Waals surface area contributed by atoms with Gasteiger partial charge >= 0.3 is 5.97 Å². The van der Waals surface area contributed by atoms with Crippen molar-refractivity contribution < 1.29 is 9.53 Å². The number of aryl methyl sites for hydroxylation is 1. The first-order valence-electron chi connectivity index (χ1n) is 5.05. The molecule has 1 aromatic carbocycles. The molecule has 0 amide bonds. The Bertz CT molecular complexity index is 545. The summed E-state index contributed by atoms with van der Waals surface area (Å²) in [6.45, 7) is 2.20. The minimum atomic E-state index is -0.268. The van der Waals surface area contributed by atoms with Crippen molar-refractivity contribution in [1.29, 1.82) is 0 Å². The molecule has 0 unspecified atom stereocenters. The van der Waals surface area contributed by atoms with Gasteiger partial charge in [0.25, 0.3) is 0 Å². The lowest BCUT2D eigenvalue weighted by molar-refractivity contribution is 0.0528. The fourth-order valence-electron chi connectivity index (χ4n) is 1.73. The van der Waals surface area contributed by atoms with Crippen LogP contribution in [0, 0.1) is 0 Å². The summed E-state index contributed by atoms with van der Waals surface area (Å²) >= 11 is 3.41. The normalized spacial score (nSPS) is 10.7. The van der Waals surface area contributed by atoms with Crippen LogP contribution in [0.1, 0.15) is 17.3 Å². The fourth-order valence-corrected chi connectivity index (χ4v) is 2.08. The summed E-state index contributed by atoms with van der Waals surface area (Å²) < 4.78 is 7.94. The van der Waals surface area contributed by atoms with E-state index >= 15 is 0 Å². The van der Waals surface area contributed by atoms with Crippen molar-refractivity contribution in [3.63, 3.8) is 0 Å². The van der Waals surface area contributed by atoms with Gasteiger partial charge in [0.2, 0.25) is 0 Å². The van der Waals surface area contributed by atoms with Gasteiger partial charge in [0, 0.05) is 28.6 Å². The van der Waals surface area contributed by atoms with Gasteiger partial charge in [0.15, 0.2) is 0 Å². The maximum Gasteiger partial charge on any atom is 0.340 e. The van der Waals surface area contributed by atoms with Gasteiger partial charge in [-0.25, -0.2) is 4.79 Å². The molecule has 1 heterocycles. The standard InChI is InChI=1S/C12H12BrNO2/c1-3-16-12(15)10-7-14(2)11-6-8(13)4-5-9(10)11/h4-7H,3H2,1-2H3. The number of carbonyl (C=O) groups is 1. The molecule has 3 nitrogen and oxygen atoms in total. The Morgan fingerprint density at radius 2 is 2.25 bits per heavy atom. The molecular formula is C12H12BrNO2. The van der Waals surface area contributed by atoms with E-state index in [-0.39, 0.29) is 5.97 Å². The molecule has 0 aliphatic carbocycles. The van der Waals surface area contributed by atoms with Crippen LogP contribution >= 0.6 is 15.9 Å². The molecule has 0 spiro atoms. The first-order valence-corrected chi connectivity index (χ1v) is 5.84. The monoisotopic (exact) mass is 281 g/mol. The first-order chi connectivity index (χ1) is 7.63. The van der Waals surface area contributed by atoms with Gasteiger partial charge in [-0.1, -0.05) is 22.0 Å². The molecule has 0 fully saturated rings. The van der Waals surface area contributed by atoms with Crippen molar-refractivity contribution in [3.05, 3.63) is 34.4 Å². The Labute approximate surface area is 102 Å². The molecule has 0 saturated carbocycles. The van der Waals surface area contributed by atoms with Gasteiger partial charge in [0.05, 0.1) is 12.2 Å². The number of benzene rings is 1. The van der Waals surface area contributed by atoms with E-state index in [0.717, 1.165) is 15.4 Å². The minimum absolute atomic E-state index is 0.268. The van der Waals surface area contributed by atoms with E-state index in [1.54, 1.807) is 13.1 Å². The Morgan fingerprint density at radius 3 is 2.94 bits per heavy atom. The number of fused-ring (bicyclic) bond motifs is 1. The summed E-state index contributed by atoms with van der Waals surface area (Å²) in [4.78, 5) is 11.7. The van der Waals surface area contributed by atoms with Crippen molar-refractivity contribution in [2.75, 3.05) is 6.61 Å². The maximum atomic E-state index is 11.7. The van der Waals surface area contributed by atoms with E-state index in [0.29, 0.717) is 12.2 Å². The zero-order chi connectivity index (χ0) is 11.7. The smallest absolute Gasteiger partial charge is 0.340 e. The molecule has 0 aliphatic heterocycles. The van der Waals surface area contributed by atoms with Gasteiger partial charge < -0.3 is 9.30 Å². The van der Waals surface area contributed by atoms with E-state index in [1.807, 2.05) is 29.8 Å². The van der Waals surface area contributed by atoms with Crippen LogP contribution in [0.25, 0.3) is 10.9 Å². The number of hydrogen-bond acceptors (Lipinski definition) is 2. The van der Waals surface area contributed by atoms with E-state index < -0.39 is 0 Å². The molecule has 0 atom stereocenters. The quantitative estimate of drug-likeness (QED) is 0.792. The maximum absolute atomic E-state index is 11.7. The molecule has 0 aliphatic rings. The number of rotatable bonds is 2. The van der Waals surface area contributed by atoms with Gasteiger partial charge in [-0.15, -0.1) is 0 Å². The highest BCUT2D eigenvalue weighted by Crippen LogP contribution is 2.24. The third-order valence-electron chi connectivity index (χ3n) is 2.45. The second-order valence-corrected chi connectivity index (χ2v) is 4.45. The zero-order valence-corrected chi connectivity index (χ0v) is 10.7. The van der Waals surface area contributed by atoms with Crippen LogP contribution in [-0.4, -0.2) is 17.1 Å². The number of carbonyl (C=O) groups excluding carboxylic acids is 1. The Balaban J connectivity index is 2.59. The van der Waals surface area contributed by atoms with Gasteiger partial charge in [-0.3, -0.25) is 0 Å². The van der Waals surface area contributed by atoms with Crippen molar-refractivity contribution >= 4 is 32.8 Å². The molecule has 4 heteroatoms. The number of nitrogens with zero attached hydrogens (tertiary/aromatic N) is 1. The predicted octanol–water partition coefficient (Wildman–Crippen LogP) is 3.12.